The molecule has 5 nitrogen and oxygen atoms in total. The van der Waals surface area contributed by atoms with Gasteiger partial charge in [0.2, 0.25) is 0 Å². The van der Waals surface area contributed by atoms with Gasteiger partial charge in [-0.15, -0.1) is 0 Å². The summed E-state index contributed by atoms with van der Waals surface area (Å²) in [6.45, 7) is 7.34. The van der Waals surface area contributed by atoms with Crippen molar-refractivity contribution in [3.63, 3.8) is 0 Å². The second-order valence-corrected chi connectivity index (χ2v) is 6.67. The predicted molar refractivity (Wildman–Crippen MR) is 72.9 cm³/mol. The van der Waals surface area contributed by atoms with Crippen LogP contribution in [-0.4, -0.2) is 47.9 Å². The molecule has 0 aromatic rings. The molecule has 2 rings (SSSR count). The van der Waals surface area contributed by atoms with Gasteiger partial charge in [-0.25, -0.2) is 4.79 Å². The number of ether oxygens (including phenoxy) is 2. The van der Waals surface area contributed by atoms with E-state index < -0.39 is 5.60 Å². The Kier molecular flexibility index (Phi) is 4.06. The van der Waals surface area contributed by atoms with Gasteiger partial charge in [-0.2, -0.15) is 0 Å². The Morgan fingerprint density at radius 3 is 2.79 bits per heavy atom. The van der Waals surface area contributed by atoms with Crippen molar-refractivity contribution in [3.05, 3.63) is 0 Å². The molecule has 0 radical (unpaired) electrons. The highest BCUT2D eigenvalue weighted by atomic mass is 16.6. The maximum Gasteiger partial charge on any atom is 0.410 e. The Hall–Kier alpha value is -0.810. The summed E-state index contributed by atoms with van der Waals surface area (Å²) in [4.78, 5) is 13.9. The van der Waals surface area contributed by atoms with Gasteiger partial charge in [0.05, 0.1) is 13.2 Å². The van der Waals surface area contributed by atoms with Crippen molar-refractivity contribution in [1.82, 2.24) is 4.90 Å². The van der Waals surface area contributed by atoms with E-state index in [1.54, 1.807) is 4.90 Å². The molecule has 0 unspecified atom stereocenters. The fourth-order valence-electron chi connectivity index (χ4n) is 2.90. The van der Waals surface area contributed by atoms with E-state index >= 15 is 0 Å². The van der Waals surface area contributed by atoms with Crippen LogP contribution in [0.1, 0.15) is 46.5 Å². The molecule has 2 fully saturated rings. The zero-order chi connectivity index (χ0) is 14.1. The zero-order valence-electron chi connectivity index (χ0n) is 12.3. The van der Waals surface area contributed by atoms with Crippen LogP contribution < -0.4 is 5.73 Å². The van der Waals surface area contributed by atoms with Crippen LogP contribution in [0.3, 0.4) is 0 Å². The van der Waals surface area contributed by atoms with Gasteiger partial charge < -0.3 is 20.1 Å². The maximum absolute atomic E-state index is 12.2. The molecule has 5 heteroatoms. The second kappa shape index (κ2) is 5.29. The summed E-state index contributed by atoms with van der Waals surface area (Å²) in [5.41, 5.74) is 5.42. The lowest BCUT2D eigenvalue weighted by atomic mass is 9.79. The van der Waals surface area contributed by atoms with Gasteiger partial charge in [0, 0.05) is 12.6 Å². The molecule has 1 amide bonds. The number of morpholine rings is 1. The van der Waals surface area contributed by atoms with Crippen molar-refractivity contribution in [1.29, 1.82) is 0 Å². The Morgan fingerprint density at radius 1 is 1.42 bits per heavy atom. The molecule has 1 spiro atoms. The number of hydrogen-bond donors (Lipinski definition) is 1. The minimum absolute atomic E-state index is 0.0199. The fraction of sp³-hybridized carbons (Fsp3) is 0.929. The molecule has 19 heavy (non-hydrogen) atoms. The summed E-state index contributed by atoms with van der Waals surface area (Å²) in [5, 5.41) is 0. The molecule has 2 aliphatic rings. The van der Waals surface area contributed by atoms with Gasteiger partial charge >= 0.3 is 6.09 Å². The minimum Gasteiger partial charge on any atom is -0.444 e. The second-order valence-electron chi connectivity index (χ2n) is 6.67. The van der Waals surface area contributed by atoms with Crippen LogP contribution in [0.2, 0.25) is 0 Å². The van der Waals surface area contributed by atoms with Crippen molar-refractivity contribution in [2.75, 3.05) is 19.7 Å². The van der Waals surface area contributed by atoms with Crippen LogP contribution in [0.25, 0.3) is 0 Å². The van der Waals surface area contributed by atoms with Crippen molar-refractivity contribution in [2.45, 2.75) is 63.7 Å². The first-order valence-electron chi connectivity index (χ1n) is 7.20. The number of hydrogen-bond acceptors (Lipinski definition) is 4. The first kappa shape index (κ1) is 14.6. The Labute approximate surface area is 115 Å². The number of rotatable bonds is 0. The lowest BCUT2D eigenvalue weighted by molar-refractivity contribution is -0.134. The van der Waals surface area contributed by atoms with E-state index in [9.17, 15) is 4.79 Å². The van der Waals surface area contributed by atoms with Crippen molar-refractivity contribution >= 4 is 6.09 Å². The van der Waals surface area contributed by atoms with Gasteiger partial charge in [-0.3, -0.25) is 0 Å². The monoisotopic (exact) mass is 270 g/mol. The lowest BCUT2D eigenvalue weighted by Gasteiger charge is -2.48. The molecule has 1 saturated carbocycles. The summed E-state index contributed by atoms with van der Waals surface area (Å²) >= 11 is 0. The van der Waals surface area contributed by atoms with Crippen molar-refractivity contribution in [3.8, 4) is 0 Å². The molecule has 0 aromatic heterocycles. The quantitative estimate of drug-likeness (QED) is 0.730. The molecule has 0 bridgehead atoms. The minimum atomic E-state index is -0.461. The topological polar surface area (TPSA) is 64.8 Å². The van der Waals surface area contributed by atoms with Gasteiger partial charge in [0.25, 0.3) is 0 Å². The number of carbonyl (C=O) groups excluding carboxylic acids is 1. The van der Waals surface area contributed by atoms with Crippen LogP contribution in [-0.2, 0) is 9.47 Å². The van der Waals surface area contributed by atoms with Gasteiger partial charge in [0.15, 0.2) is 0 Å². The molecule has 1 aliphatic heterocycles. The molecular weight excluding hydrogens is 244 g/mol. The fourth-order valence-corrected chi connectivity index (χ4v) is 2.90. The van der Waals surface area contributed by atoms with Crippen molar-refractivity contribution in [2.24, 2.45) is 5.73 Å². The molecule has 1 saturated heterocycles. The van der Waals surface area contributed by atoms with Crippen LogP contribution in [0.5, 0.6) is 0 Å². The summed E-state index contributed by atoms with van der Waals surface area (Å²) < 4.78 is 11.4. The van der Waals surface area contributed by atoms with Gasteiger partial charge in [-0.05, 0) is 33.6 Å². The van der Waals surface area contributed by atoms with E-state index in [2.05, 4.69) is 0 Å². The van der Waals surface area contributed by atoms with Gasteiger partial charge in [-0.1, -0.05) is 12.8 Å². The zero-order valence-corrected chi connectivity index (χ0v) is 12.3. The Bertz CT molecular complexity index is 336. The SMILES string of the molecule is CC(C)(C)OC(=O)N1CCO[C@@]2(CCCC[C@H]2N)C1. The van der Waals surface area contributed by atoms with E-state index in [0.717, 1.165) is 25.7 Å². The largest absolute Gasteiger partial charge is 0.444 e. The lowest BCUT2D eigenvalue weighted by Crippen LogP contribution is -2.63. The Morgan fingerprint density at radius 2 is 2.16 bits per heavy atom. The van der Waals surface area contributed by atoms with E-state index in [4.69, 9.17) is 15.2 Å². The molecule has 0 aromatic carbocycles. The number of nitrogens with two attached hydrogens (primary N) is 1. The summed E-state index contributed by atoms with van der Waals surface area (Å²) in [7, 11) is 0. The van der Waals surface area contributed by atoms with E-state index in [0.29, 0.717) is 19.7 Å². The highest BCUT2D eigenvalue weighted by molar-refractivity contribution is 5.68. The standard InChI is InChI=1S/C14H26N2O3/c1-13(2,3)19-12(17)16-8-9-18-14(10-16)7-5-4-6-11(14)15/h11H,4-10,15H2,1-3H3/t11-,14+/m1/s1. The van der Waals surface area contributed by atoms with Crippen LogP contribution in [0.15, 0.2) is 0 Å². The summed E-state index contributed by atoms with van der Waals surface area (Å²) in [5.74, 6) is 0. The number of nitrogens with zero attached hydrogens (tertiary/aromatic N) is 1. The van der Waals surface area contributed by atoms with Crippen LogP contribution >= 0.6 is 0 Å². The smallest absolute Gasteiger partial charge is 0.410 e. The molecular formula is C14H26N2O3. The van der Waals surface area contributed by atoms with E-state index in [1.165, 1.54) is 0 Å². The number of amides is 1. The highest BCUT2D eigenvalue weighted by Gasteiger charge is 2.45. The molecule has 2 atom stereocenters. The average molecular weight is 270 g/mol. The average Bonchev–Trinajstić information content (AvgIpc) is 2.31. The summed E-state index contributed by atoms with van der Waals surface area (Å²) in [6.07, 6.45) is 3.93. The van der Waals surface area contributed by atoms with E-state index in [-0.39, 0.29) is 17.7 Å². The highest BCUT2D eigenvalue weighted by Crippen LogP contribution is 2.34. The number of carbonyl (C=O) groups is 1. The first-order valence-corrected chi connectivity index (χ1v) is 7.20. The molecule has 1 aliphatic carbocycles. The van der Waals surface area contributed by atoms with Crippen LogP contribution in [0.4, 0.5) is 4.79 Å². The van der Waals surface area contributed by atoms with E-state index in [1.807, 2.05) is 20.8 Å². The first-order chi connectivity index (χ1) is 8.82. The predicted octanol–water partition coefficient (Wildman–Crippen LogP) is 1.89. The Balaban J connectivity index is 2.02. The maximum atomic E-state index is 12.2. The van der Waals surface area contributed by atoms with Gasteiger partial charge in [0.1, 0.15) is 11.2 Å². The third-order valence-corrected chi connectivity index (χ3v) is 3.90. The normalized spacial score (nSPS) is 32.4. The molecule has 1 heterocycles. The van der Waals surface area contributed by atoms with Crippen molar-refractivity contribution < 1.29 is 14.3 Å². The third kappa shape index (κ3) is 3.39. The third-order valence-electron chi connectivity index (χ3n) is 3.90. The van der Waals surface area contributed by atoms with Crippen LogP contribution in [0, 0.1) is 0 Å². The molecule has 2 N–H and O–H groups in total. The summed E-state index contributed by atoms with van der Waals surface area (Å²) in [6, 6.07) is 0.0199. The molecule has 110 valence electrons.